The lowest BCUT2D eigenvalue weighted by molar-refractivity contribution is -0.121. The van der Waals surface area contributed by atoms with Gasteiger partial charge < -0.3 is 25.4 Å². The highest BCUT2D eigenvalue weighted by Gasteiger charge is 2.42. The molecule has 172 valence electrons. The maximum Gasteiger partial charge on any atom is 0.315 e. The summed E-state index contributed by atoms with van der Waals surface area (Å²) in [6.07, 6.45) is 4.26. The van der Waals surface area contributed by atoms with Crippen LogP contribution in [0.15, 0.2) is 24.3 Å². The van der Waals surface area contributed by atoms with E-state index in [0.29, 0.717) is 43.9 Å². The van der Waals surface area contributed by atoms with Crippen LogP contribution in [0, 0.1) is 0 Å². The lowest BCUT2D eigenvalue weighted by atomic mass is 10.0. The van der Waals surface area contributed by atoms with Crippen molar-refractivity contribution in [2.45, 2.75) is 49.4 Å². The third-order valence-electron chi connectivity index (χ3n) is 5.45. The number of thioether (sulfide) groups is 1. The molecule has 3 N–H and O–H groups in total. The van der Waals surface area contributed by atoms with Crippen molar-refractivity contribution in [3.63, 3.8) is 0 Å². The summed E-state index contributed by atoms with van der Waals surface area (Å²) in [6, 6.07) is 8.35. The number of hydrogen-bond acceptors (Lipinski definition) is 5. The summed E-state index contributed by atoms with van der Waals surface area (Å²) in [5, 5.41) is 9.30. The summed E-state index contributed by atoms with van der Waals surface area (Å²) in [5.74, 6) is 2.46. The van der Waals surface area contributed by atoms with Crippen LogP contribution in [-0.2, 0) is 16.0 Å². The molecule has 2 heterocycles. The number of carbonyl (C=O) groups excluding carboxylic acids is 2. The predicted molar refractivity (Wildman–Crippen MR) is 124 cm³/mol. The second-order valence-corrected chi connectivity index (χ2v) is 9.41. The molecule has 2 aliphatic rings. The Morgan fingerprint density at radius 1 is 1.16 bits per heavy atom. The first kappa shape index (κ1) is 24.0. The molecule has 3 amide bonds. The van der Waals surface area contributed by atoms with Gasteiger partial charge in [-0.15, -0.1) is 11.6 Å². The van der Waals surface area contributed by atoms with E-state index < -0.39 is 0 Å². The average molecular weight is 470 g/mol. The minimum absolute atomic E-state index is 0.0507. The lowest BCUT2D eigenvalue weighted by Crippen LogP contribution is -2.36. The second kappa shape index (κ2) is 13.0. The summed E-state index contributed by atoms with van der Waals surface area (Å²) < 4.78 is 11.1. The van der Waals surface area contributed by atoms with Gasteiger partial charge in [0.25, 0.3) is 0 Å². The molecule has 0 aromatic heterocycles. The van der Waals surface area contributed by atoms with Crippen LogP contribution in [0.25, 0.3) is 0 Å². The van der Waals surface area contributed by atoms with Gasteiger partial charge in [-0.25, -0.2) is 4.79 Å². The fourth-order valence-electron chi connectivity index (χ4n) is 3.81. The lowest BCUT2D eigenvalue weighted by Gasteiger charge is -2.16. The van der Waals surface area contributed by atoms with Crippen molar-refractivity contribution in [2.24, 2.45) is 0 Å². The number of fused-ring (bicyclic) bond motifs is 1. The van der Waals surface area contributed by atoms with Gasteiger partial charge in [0.2, 0.25) is 5.91 Å². The van der Waals surface area contributed by atoms with Gasteiger partial charge in [0.15, 0.2) is 0 Å². The molecule has 0 aliphatic carbocycles. The molecule has 2 fully saturated rings. The van der Waals surface area contributed by atoms with Crippen LogP contribution in [0.3, 0.4) is 0 Å². The fraction of sp³-hybridized carbons (Fsp3) is 0.636. The molecule has 0 spiro atoms. The Hall–Kier alpha value is -1.64. The number of carbonyl (C=O) groups is 2. The highest BCUT2D eigenvalue weighted by atomic mass is 35.5. The quantitative estimate of drug-likeness (QED) is 0.221. The van der Waals surface area contributed by atoms with Gasteiger partial charge in [0, 0.05) is 29.8 Å². The van der Waals surface area contributed by atoms with E-state index in [9.17, 15) is 9.59 Å². The summed E-state index contributed by atoms with van der Waals surface area (Å²) in [7, 11) is 0. The molecule has 3 rings (SSSR count). The maximum absolute atomic E-state index is 11.9. The summed E-state index contributed by atoms with van der Waals surface area (Å²) >= 11 is 7.64. The standard InChI is InChI=1S/C22H32ClN3O4S/c23-10-9-16-5-7-17(8-6-16)30-14-13-29-12-11-24-20(27)4-2-1-3-19-21-18(15-31-19)25-22(28)26-21/h5-8,18-19,21H,1-4,9-15H2,(H,24,27)(H2,25,26,28)/t18?,19-,21?/m1/s1. The van der Waals surface area contributed by atoms with Crippen molar-refractivity contribution >= 4 is 35.3 Å². The number of alkyl halides is 1. The molecule has 0 radical (unpaired) electrons. The monoisotopic (exact) mass is 469 g/mol. The number of rotatable bonds is 14. The van der Waals surface area contributed by atoms with Gasteiger partial charge in [-0.2, -0.15) is 11.8 Å². The molecule has 0 saturated carbocycles. The number of halogens is 1. The molecule has 1 aromatic carbocycles. The van der Waals surface area contributed by atoms with Crippen LogP contribution >= 0.6 is 23.4 Å². The highest BCUT2D eigenvalue weighted by molar-refractivity contribution is 8.00. The maximum atomic E-state index is 11.9. The van der Waals surface area contributed by atoms with Gasteiger partial charge in [-0.1, -0.05) is 18.6 Å². The topological polar surface area (TPSA) is 88.7 Å². The van der Waals surface area contributed by atoms with Crippen LogP contribution < -0.4 is 20.7 Å². The van der Waals surface area contributed by atoms with Gasteiger partial charge in [-0.3, -0.25) is 4.79 Å². The third kappa shape index (κ3) is 8.09. The van der Waals surface area contributed by atoms with E-state index in [4.69, 9.17) is 21.1 Å². The average Bonchev–Trinajstić information content (AvgIpc) is 3.31. The first-order chi connectivity index (χ1) is 15.2. The van der Waals surface area contributed by atoms with Crippen molar-refractivity contribution in [3.8, 4) is 5.75 Å². The van der Waals surface area contributed by atoms with Gasteiger partial charge in [-0.05, 0) is 37.0 Å². The number of nitrogens with one attached hydrogen (secondary N) is 3. The molecule has 9 heteroatoms. The summed E-state index contributed by atoms with van der Waals surface area (Å²) in [6.45, 7) is 1.93. The van der Waals surface area contributed by atoms with E-state index in [1.54, 1.807) is 0 Å². The smallest absolute Gasteiger partial charge is 0.315 e. The molecule has 3 atom stereocenters. The fourth-order valence-corrected chi connectivity index (χ4v) is 5.57. The summed E-state index contributed by atoms with van der Waals surface area (Å²) in [5.41, 5.74) is 1.19. The van der Waals surface area contributed by atoms with E-state index in [2.05, 4.69) is 16.0 Å². The van der Waals surface area contributed by atoms with Crippen molar-refractivity contribution in [3.05, 3.63) is 29.8 Å². The molecule has 2 unspecified atom stereocenters. The Labute approximate surface area is 193 Å². The minimum Gasteiger partial charge on any atom is -0.491 e. The van der Waals surface area contributed by atoms with E-state index in [1.807, 2.05) is 36.0 Å². The Morgan fingerprint density at radius 3 is 2.81 bits per heavy atom. The normalized spacial score (nSPS) is 22.0. The van der Waals surface area contributed by atoms with Crippen LogP contribution in [0.4, 0.5) is 4.79 Å². The highest BCUT2D eigenvalue weighted by Crippen LogP contribution is 2.33. The second-order valence-electron chi connectivity index (χ2n) is 7.76. The number of hydrogen-bond donors (Lipinski definition) is 3. The van der Waals surface area contributed by atoms with Crippen LogP contribution in [-0.4, -0.2) is 67.3 Å². The number of benzene rings is 1. The zero-order valence-corrected chi connectivity index (χ0v) is 19.3. The van der Waals surface area contributed by atoms with Crippen molar-refractivity contribution in [2.75, 3.05) is 38.0 Å². The minimum atomic E-state index is -0.0507. The van der Waals surface area contributed by atoms with Gasteiger partial charge in [0.1, 0.15) is 12.4 Å². The van der Waals surface area contributed by atoms with Crippen molar-refractivity contribution < 1.29 is 19.1 Å². The zero-order valence-electron chi connectivity index (χ0n) is 17.7. The largest absolute Gasteiger partial charge is 0.491 e. The van der Waals surface area contributed by atoms with E-state index in [1.165, 1.54) is 5.56 Å². The number of ether oxygens (including phenoxy) is 2. The molecule has 0 bridgehead atoms. The molecule has 31 heavy (non-hydrogen) atoms. The van der Waals surface area contributed by atoms with Crippen molar-refractivity contribution in [1.29, 1.82) is 0 Å². The molecular formula is C22H32ClN3O4S. The number of amides is 3. The molecule has 2 aliphatic heterocycles. The Kier molecular flexibility index (Phi) is 10.1. The Bertz CT molecular complexity index is 707. The number of aryl methyl sites for hydroxylation is 1. The Balaban J connectivity index is 1.14. The first-order valence-electron chi connectivity index (χ1n) is 11.0. The number of unbranched alkanes of at least 4 members (excludes halogenated alkanes) is 1. The third-order valence-corrected chi connectivity index (χ3v) is 7.15. The first-order valence-corrected chi connectivity index (χ1v) is 12.5. The molecule has 1 aromatic rings. The number of urea groups is 1. The SMILES string of the molecule is O=C(CCCC[C@H]1SCC2NC(=O)NC21)NCCOCCOc1ccc(CCCl)cc1. The van der Waals surface area contributed by atoms with Gasteiger partial charge >= 0.3 is 6.03 Å². The van der Waals surface area contributed by atoms with Crippen LogP contribution in [0.5, 0.6) is 5.75 Å². The van der Waals surface area contributed by atoms with E-state index in [0.717, 1.165) is 37.2 Å². The van der Waals surface area contributed by atoms with E-state index >= 15 is 0 Å². The van der Waals surface area contributed by atoms with Crippen LogP contribution in [0.2, 0.25) is 0 Å². The van der Waals surface area contributed by atoms with E-state index in [-0.39, 0.29) is 24.0 Å². The molecule has 7 nitrogen and oxygen atoms in total. The summed E-state index contributed by atoms with van der Waals surface area (Å²) in [4.78, 5) is 23.3. The predicted octanol–water partition coefficient (Wildman–Crippen LogP) is 2.71. The zero-order chi connectivity index (χ0) is 21.9. The molecule has 2 saturated heterocycles. The van der Waals surface area contributed by atoms with Crippen molar-refractivity contribution in [1.82, 2.24) is 16.0 Å². The molecular weight excluding hydrogens is 438 g/mol. The van der Waals surface area contributed by atoms with Gasteiger partial charge in [0.05, 0.1) is 25.3 Å². The van der Waals surface area contributed by atoms with Crippen LogP contribution in [0.1, 0.15) is 31.2 Å². The Morgan fingerprint density at radius 2 is 2.00 bits per heavy atom.